The second-order valence-corrected chi connectivity index (χ2v) is 4.62. The van der Waals surface area contributed by atoms with Gasteiger partial charge in [-0.1, -0.05) is 18.2 Å². The zero-order valence-corrected chi connectivity index (χ0v) is 10.6. The summed E-state index contributed by atoms with van der Waals surface area (Å²) >= 11 is 0. The Balaban J connectivity index is 1.99. The van der Waals surface area contributed by atoms with Crippen LogP contribution in [0.2, 0.25) is 0 Å². The molecule has 0 saturated heterocycles. The summed E-state index contributed by atoms with van der Waals surface area (Å²) in [5.74, 6) is -1.20. The number of hydrogen-bond donors (Lipinski definition) is 1. The minimum Gasteiger partial charge on any atom is -0.478 e. The fourth-order valence-corrected chi connectivity index (χ4v) is 2.32. The number of halogens is 1. The Kier molecular flexibility index (Phi) is 2.99. The molecule has 100 valence electrons. The van der Waals surface area contributed by atoms with Crippen molar-refractivity contribution in [3.63, 3.8) is 0 Å². The molecule has 0 fully saturated rings. The predicted octanol–water partition coefficient (Wildman–Crippen LogP) is 3.53. The van der Waals surface area contributed by atoms with E-state index in [1.54, 1.807) is 36.5 Å². The van der Waals surface area contributed by atoms with E-state index >= 15 is 0 Å². The zero-order valence-electron chi connectivity index (χ0n) is 10.6. The molecule has 0 unspecified atom stereocenters. The molecule has 2 aromatic carbocycles. The Hall–Kier alpha value is -2.62. The summed E-state index contributed by atoms with van der Waals surface area (Å²) in [6, 6.07) is 13.4. The van der Waals surface area contributed by atoms with Crippen LogP contribution in [0.25, 0.3) is 10.9 Å². The van der Waals surface area contributed by atoms with Crippen LogP contribution in [0.5, 0.6) is 0 Å². The van der Waals surface area contributed by atoms with Gasteiger partial charge in [0, 0.05) is 18.1 Å². The Labute approximate surface area is 114 Å². The molecule has 20 heavy (non-hydrogen) atoms. The van der Waals surface area contributed by atoms with Crippen molar-refractivity contribution in [2.24, 2.45) is 0 Å². The van der Waals surface area contributed by atoms with E-state index in [1.807, 2.05) is 16.7 Å². The fourth-order valence-electron chi connectivity index (χ4n) is 2.32. The highest BCUT2D eigenvalue weighted by molar-refractivity contribution is 5.87. The largest absolute Gasteiger partial charge is 0.478 e. The van der Waals surface area contributed by atoms with Crippen LogP contribution in [0.1, 0.15) is 15.9 Å². The molecular weight excluding hydrogens is 257 g/mol. The molecule has 0 saturated carbocycles. The SMILES string of the molecule is O=C(O)c1cccc(Cn2ccc3c(F)cccc32)c1. The number of hydrogen-bond acceptors (Lipinski definition) is 1. The van der Waals surface area contributed by atoms with Crippen molar-refractivity contribution in [1.29, 1.82) is 0 Å². The van der Waals surface area contributed by atoms with Gasteiger partial charge in [0.05, 0.1) is 11.1 Å². The normalized spacial score (nSPS) is 10.8. The topological polar surface area (TPSA) is 42.2 Å². The van der Waals surface area contributed by atoms with Gasteiger partial charge in [0.15, 0.2) is 0 Å². The molecule has 0 spiro atoms. The number of carboxylic acids is 1. The Morgan fingerprint density at radius 3 is 2.75 bits per heavy atom. The van der Waals surface area contributed by atoms with Crippen LogP contribution >= 0.6 is 0 Å². The summed E-state index contributed by atoms with van der Waals surface area (Å²) in [4.78, 5) is 11.0. The summed E-state index contributed by atoms with van der Waals surface area (Å²) in [5, 5.41) is 9.56. The second kappa shape index (κ2) is 4.81. The van der Waals surface area contributed by atoms with E-state index in [0.717, 1.165) is 11.1 Å². The minimum atomic E-state index is -0.949. The van der Waals surface area contributed by atoms with E-state index in [4.69, 9.17) is 5.11 Å². The Morgan fingerprint density at radius 1 is 1.15 bits per heavy atom. The molecule has 0 radical (unpaired) electrons. The molecule has 0 aliphatic carbocycles. The Morgan fingerprint density at radius 2 is 1.95 bits per heavy atom. The number of rotatable bonds is 3. The molecule has 0 atom stereocenters. The van der Waals surface area contributed by atoms with Crippen molar-refractivity contribution in [2.45, 2.75) is 6.54 Å². The monoisotopic (exact) mass is 269 g/mol. The highest BCUT2D eigenvalue weighted by Gasteiger charge is 2.07. The molecule has 1 heterocycles. The van der Waals surface area contributed by atoms with Crippen molar-refractivity contribution in [3.05, 3.63) is 71.7 Å². The van der Waals surface area contributed by atoms with Gasteiger partial charge in [0.1, 0.15) is 5.82 Å². The molecule has 1 aromatic heterocycles. The van der Waals surface area contributed by atoms with E-state index in [9.17, 15) is 9.18 Å². The molecule has 3 rings (SSSR count). The number of nitrogens with zero attached hydrogens (tertiary/aromatic N) is 1. The molecular formula is C16H12FNO2. The van der Waals surface area contributed by atoms with E-state index in [0.29, 0.717) is 11.9 Å². The molecule has 0 aliphatic rings. The van der Waals surface area contributed by atoms with E-state index in [2.05, 4.69) is 0 Å². The molecule has 0 amide bonds. The highest BCUT2D eigenvalue weighted by atomic mass is 19.1. The van der Waals surface area contributed by atoms with Gasteiger partial charge in [-0.3, -0.25) is 0 Å². The van der Waals surface area contributed by atoms with Crippen LogP contribution in [-0.4, -0.2) is 15.6 Å². The lowest BCUT2D eigenvalue weighted by atomic mass is 10.1. The van der Waals surface area contributed by atoms with Crippen LogP contribution < -0.4 is 0 Å². The third kappa shape index (κ3) is 2.16. The quantitative estimate of drug-likeness (QED) is 0.790. The molecule has 3 aromatic rings. The van der Waals surface area contributed by atoms with Crippen molar-refractivity contribution < 1.29 is 14.3 Å². The number of carboxylic acid groups (broad SMARTS) is 1. The first-order valence-corrected chi connectivity index (χ1v) is 6.21. The zero-order chi connectivity index (χ0) is 14.1. The second-order valence-electron chi connectivity index (χ2n) is 4.62. The summed E-state index contributed by atoms with van der Waals surface area (Å²) in [5.41, 5.74) is 1.92. The van der Waals surface area contributed by atoms with Crippen LogP contribution in [0.4, 0.5) is 4.39 Å². The maximum atomic E-state index is 13.6. The standard InChI is InChI=1S/C16H12FNO2/c17-14-5-2-6-15-13(14)7-8-18(15)10-11-3-1-4-12(9-11)16(19)20/h1-9H,10H2,(H,19,20). The van der Waals surface area contributed by atoms with E-state index < -0.39 is 5.97 Å². The fraction of sp³-hybridized carbons (Fsp3) is 0.0625. The maximum absolute atomic E-state index is 13.6. The average Bonchev–Trinajstić information content (AvgIpc) is 2.84. The predicted molar refractivity (Wildman–Crippen MR) is 74.4 cm³/mol. The minimum absolute atomic E-state index is 0.250. The number of aromatic nitrogens is 1. The first kappa shape index (κ1) is 12.4. The summed E-state index contributed by atoms with van der Waals surface area (Å²) in [6.45, 7) is 0.508. The molecule has 0 bridgehead atoms. The number of aromatic carboxylic acids is 1. The van der Waals surface area contributed by atoms with E-state index in [-0.39, 0.29) is 11.4 Å². The van der Waals surface area contributed by atoms with Gasteiger partial charge in [-0.05, 0) is 35.9 Å². The molecule has 4 heteroatoms. The van der Waals surface area contributed by atoms with Gasteiger partial charge in [-0.15, -0.1) is 0 Å². The number of carbonyl (C=O) groups is 1. The third-order valence-electron chi connectivity index (χ3n) is 3.29. The maximum Gasteiger partial charge on any atom is 0.335 e. The number of benzene rings is 2. The highest BCUT2D eigenvalue weighted by Crippen LogP contribution is 2.20. The smallest absolute Gasteiger partial charge is 0.335 e. The summed E-state index contributed by atoms with van der Waals surface area (Å²) < 4.78 is 15.5. The summed E-state index contributed by atoms with van der Waals surface area (Å²) in [7, 11) is 0. The molecule has 1 N–H and O–H groups in total. The Bertz CT molecular complexity index is 792. The van der Waals surface area contributed by atoms with Gasteiger partial charge in [-0.25, -0.2) is 9.18 Å². The van der Waals surface area contributed by atoms with Gasteiger partial charge < -0.3 is 9.67 Å². The van der Waals surface area contributed by atoms with Gasteiger partial charge in [-0.2, -0.15) is 0 Å². The third-order valence-corrected chi connectivity index (χ3v) is 3.29. The van der Waals surface area contributed by atoms with Crippen molar-refractivity contribution in [2.75, 3.05) is 0 Å². The first-order chi connectivity index (χ1) is 9.65. The first-order valence-electron chi connectivity index (χ1n) is 6.21. The van der Waals surface area contributed by atoms with E-state index in [1.165, 1.54) is 6.07 Å². The van der Waals surface area contributed by atoms with Gasteiger partial charge in [0.25, 0.3) is 0 Å². The lowest BCUT2D eigenvalue weighted by Crippen LogP contribution is -2.01. The number of fused-ring (bicyclic) bond motifs is 1. The van der Waals surface area contributed by atoms with Crippen molar-refractivity contribution >= 4 is 16.9 Å². The lowest BCUT2D eigenvalue weighted by Gasteiger charge is -2.06. The van der Waals surface area contributed by atoms with Crippen molar-refractivity contribution in [3.8, 4) is 0 Å². The lowest BCUT2D eigenvalue weighted by molar-refractivity contribution is 0.0696. The molecule has 3 nitrogen and oxygen atoms in total. The van der Waals surface area contributed by atoms with Gasteiger partial charge >= 0.3 is 5.97 Å². The van der Waals surface area contributed by atoms with Crippen LogP contribution in [0.3, 0.4) is 0 Å². The van der Waals surface area contributed by atoms with Crippen LogP contribution in [-0.2, 0) is 6.54 Å². The van der Waals surface area contributed by atoms with Crippen molar-refractivity contribution in [1.82, 2.24) is 4.57 Å². The molecule has 0 aliphatic heterocycles. The van der Waals surface area contributed by atoms with Crippen LogP contribution in [0, 0.1) is 5.82 Å². The van der Waals surface area contributed by atoms with Crippen LogP contribution in [0.15, 0.2) is 54.7 Å². The summed E-state index contributed by atoms with van der Waals surface area (Å²) in [6.07, 6.45) is 1.81. The average molecular weight is 269 g/mol. The van der Waals surface area contributed by atoms with Gasteiger partial charge in [0.2, 0.25) is 0 Å².